The molecular formula is C22H27N3O2. The number of carbonyl (C=O) groups is 2. The first kappa shape index (κ1) is 19.0. The summed E-state index contributed by atoms with van der Waals surface area (Å²) in [5.41, 5.74) is 9.84. The van der Waals surface area contributed by atoms with Gasteiger partial charge in [0.1, 0.15) is 0 Å². The lowest BCUT2D eigenvalue weighted by atomic mass is 10.1. The van der Waals surface area contributed by atoms with E-state index in [1.165, 1.54) is 12.8 Å². The molecule has 1 saturated carbocycles. The van der Waals surface area contributed by atoms with Crippen molar-refractivity contribution in [2.24, 2.45) is 0 Å². The van der Waals surface area contributed by atoms with E-state index in [0.29, 0.717) is 30.1 Å². The van der Waals surface area contributed by atoms with Gasteiger partial charge in [0.05, 0.1) is 0 Å². The molecule has 5 heteroatoms. The number of nitrogens with one attached hydrogen (secondary N) is 2. The van der Waals surface area contributed by atoms with Crippen LogP contribution in [0, 0.1) is 6.92 Å². The van der Waals surface area contributed by atoms with Crippen molar-refractivity contribution in [3.05, 3.63) is 59.2 Å². The molecule has 3 rings (SSSR count). The van der Waals surface area contributed by atoms with Gasteiger partial charge in [-0.25, -0.2) is 0 Å². The maximum atomic E-state index is 12.4. The van der Waals surface area contributed by atoms with Crippen LogP contribution in [0.25, 0.3) is 0 Å². The second kappa shape index (κ2) is 8.71. The Balaban J connectivity index is 1.56. The number of rotatable bonds is 6. The van der Waals surface area contributed by atoms with Gasteiger partial charge >= 0.3 is 0 Å². The number of hydrogen-bond donors (Lipinski definition) is 3. The smallest absolute Gasteiger partial charge is 0.251 e. The van der Waals surface area contributed by atoms with Crippen LogP contribution in [0.1, 0.15) is 53.6 Å². The number of nitrogen functional groups attached to an aromatic ring is 1. The summed E-state index contributed by atoms with van der Waals surface area (Å²) in [7, 11) is 0. The number of carbonyl (C=O) groups excluding carboxylic acids is 2. The molecule has 0 aromatic heterocycles. The minimum atomic E-state index is -0.0653. The Morgan fingerprint density at radius 1 is 1.11 bits per heavy atom. The predicted octanol–water partition coefficient (Wildman–Crippen LogP) is 3.82. The van der Waals surface area contributed by atoms with Gasteiger partial charge in [-0.05, 0) is 61.6 Å². The summed E-state index contributed by atoms with van der Waals surface area (Å²) >= 11 is 0. The van der Waals surface area contributed by atoms with E-state index in [2.05, 4.69) is 10.6 Å². The zero-order valence-corrected chi connectivity index (χ0v) is 15.8. The third kappa shape index (κ3) is 5.09. The molecule has 0 aliphatic heterocycles. The third-order valence-corrected chi connectivity index (χ3v) is 5.13. The fourth-order valence-electron chi connectivity index (χ4n) is 3.51. The molecule has 0 spiro atoms. The monoisotopic (exact) mass is 365 g/mol. The second-order valence-electron chi connectivity index (χ2n) is 7.23. The summed E-state index contributed by atoms with van der Waals surface area (Å²) in [5, 5.41) is 6.02. The van der Waals surface area contributed by atoms with Crippen molar-refractivity contribution in [3.8, 4) is 0 Å². The summed E-state index contributed by atoms with van der Waals surface area (Å²) < 4.78 is 0. The fraction of sp³-hybridized carbons (Fsp3) is 0.364. The maximum Gasteiger partial charge on any atom is 0.251 e. The zero-order chi connectivity index (χ0) is 19.2. The summed E-state index contributed by atoms with van der Waals surface area (Å²) in [5.74, 6) is -0.105. The molecule has 0 saturated heterocycles. The quantitative estimate of drug-likeness (QED) is 0.680. The molecule has 1 aliphatic carbocycles. The highest BCUT2D eigenvalue weighted by Gasteiger charge is 2.18. The second-order valence-corrected chi connectivity index (χ2v) is 7.23. The Labute approximate surface area is 160 Å². The molecule has 4 N–H and O–H groups in total. The Morgan fingerprint density at radius 3 is 2.56 bits per heavy atom. The molecule has 0 bridgehead atoms. The lowest BCUT2D eigenvalue weighted by Crippen LogP contribution is -2.32. The van der Waals surface area contributed by atoms with Crippen LogP contribution in [-0.2, 0) is 11.2 Å². The number of hydrogen-bond acceptors (Lipinski definition) is 3. The van der Waals surface area contributed by atoms with E-state index in [0.717, 1.165) is 29.7 Å². The molecule has 2 aromatic carbocycles. The van der Waals surface area contributed by atoms with Crippen LogP contribution >= 0.6 is 0 Å². The van der Waals surface area contributed by atoms with Gasteiger partial charge in [0.25, 0.3) is 5.91 Å². The molecule has 2 aromatic rings. The van der Waals surface area contributed by atoms with Crippen molar-refractivity contribution in [1.82, 2.24) is 5.32 Å². The summed E-state index contributed by atoms with van der Waals surface area (Å²) in [6.45, 7) is 1.90. The van der Waals surface area contributed by atoms with Gasteiger partial charge in [0, 0.05) is 29.4 Å². The van der Waals surface area contributed by atoms with Crippen molar-refractivity contribution in [2.75, 3.05) is 11.1 Å². The molecular weight excluding hydrogens is 338 g/mol. The van der Waals surface area contributed by atoms with Gasteiger partial charge in [-0.15, -0.1) is 0 Å². The molecule has 0 radical (unpaired) electrons. The topological polar surface area (TPSA) is 84.2 Å². The Kier molecular flexibility index (Phi) is 6.12. The highest BCUT2D eigenvalue weighted by Crippen LogP contribution is 2.20. The number of amides is 2. The molecule has 0 heterocycles. The van der Waals surface area contributed by atoms with Gasteiger partial charge in [-0.2, -0.15) is 0 Å². The molecule has 1 fully saturated rings. The van der Waals surface area contributed by atoms with E-state index in [4.69, 9.17) is 5.73 Å². The van der Waals surface area contributed by atoms with Crippen LogP contribution in [0.4, 0.5) is 11.4 Å². The zero-order valence-electron chi connectivity index (χ0n) is 15.8. The molecule has 142 valence electrons. The maximum absolute atomic E-state index is 12.4. The van der Waals surface area contributed by atoms with Crippen molar-refractivity contribution < 1.29 is 9.59 Å². The molecule has 1 aliphatic rings. The molecule has 0 unspecified atom stereocenters. The van der Waals surface area contributed by atoms with Gasteiger partial charge in [-0.1, -0.05) is 31.0 Å². The van der Waals surface area contributed by atoms with Crippen molar-refractivity contribution in [2.45, 2.75) is 51.5 Å². The van der Waals surface area contributed by atoms with E-state index in [-0.39, 0.29) is 11.8 Å². The SMILES string of the molecule is Cc1cc(C(=O)NC2CCCC2)ccc1NC(=O)CCc1ccccc1N. The summed E-state index contributed by atoms with van der Waals surface area (Å²) in [4.78, 5) is 24.6. The van der Waals surface area contributed by atoms with Crippen LogP contribution in [0.2, 0.25) is 0 Å². The minimum Gasteiger partial charge on any atom is -0.399 e. The number of para-hydroxylation sites is 1. The van der Waals surface area contributed by atoms with Crippen molar-refractivity contribution in [1.29, 1.82) is 0 Å². The summed E-state index contributed by atoms with van der Waals surface area (Å²) in [6.07, 6.45) is 5.44. The van der Waals surface area contributed by atoms with Gasteiger partial charge in [0.15, 0.2) is 0 Å². The molecule has 27 heavy (non-hydrogen) atoms. The fourth-order valence-corrected chi connectivity index (χ4v) is 3.51. The first-order valence-electron chi connectivity index (χ1n) is 9.57. The van der Waals surface area contributed by atoms with Gasteiger partial charge in [0.2, 0.25) is 5.91 Å². The molecule has 0 atom stereocenters. The van der Waals surface area contributed by atoms with Crippen LogP contribution in [0.15, 0.2) is 42.5 Å². The van der Waals surface area contributed by atoms with Crippen molar-refractivity contribution >= 4 is 23.2 Å². The number of anilines is 2. The van der Waals surface area contributed by atoms with E-state index in [1.54, 1.807) is 12.1 Å². The molecule has 2 amide bonds. The average Bonchev–Trinajstić information content (AvgIpc) is 3.15. The third-order valence-electron chi connectivity index (χ3n) is 5.13. The first-order valence-corrected chi connectivity index (χ1v) is 9.57. The average molecular weight is 365 g/mol. The van der Waals surface area contributed by atoms with Crippen LogP contribution < -0.4 is 16.4 Å². The Bertz CT molecular complexity index is 826. The van der Waals surface area contributed by atoms with Gasteiger partial charge < -0.3 is 16.4 Å². The normalized spacial score (nSPS) is 14.1. The lowest BCUT2D eigenvalue weighted by Gasteiger charge is -2.14. The number of aryl methyl sites for hydroxylation is 2. The predicted molar refractivity (Wildman–Crippen MR) is 109 cm³/mol. The highest BCUT2D eigenvalue weighted by molar-refractivity contribution is 5.96. The number of nitrogens with two attached hydrogens (primary N) is 1. The van der Waals surface area contributed by atoms with Crippen LogP contribution in [0.5, 0.6) is 0 Å². The minimum absolute atomic E-state index is 0.0394. The lowest BCUT2D eigenvalue weighted by molar-refractivity contribution is -0.116. The Hall–Kier alpha value is -2.82. The highest BCUT2D eigenvalue weighted by atomic mass is 16.2. The van der Waals surface area contributed by atoms with E-state index in [9.17, 15) is 9.59 Å². The first-order chi connectivity index (χ1) is 13.0. The largest absolute Gasteiger partial charge is 0.399 e. The number of benzene rings is 2. The van der Waals surface area contributed by atoms with Gasteiger partial charge in [-0.3, -0.25) is 9.59 Å². The van der Waals surface area contributed by atoms with E-state index >= 15 is 0 Å². The van der Waals surface area contributed by atoms with Crippen LogP contribution in [-0.4, -0.2) is 17.9 Å². The summed E-state index contributed by atoms with van der Waals surface area (Å²) in [6, 6.07) is 13.3. The van der Waals surface area contributed by atoms with E-state index < -0.39 is 0 Å². The standard InChI is InChI=1S/C22H27N3O2/c1-15-14-17(22(27)24-18-7-3-4-8-18)10-12-20(15)25-21(26)13-11-16-6-2-5-9-19(16)23/h2,5-6,9-10,12,14,18H,3-4,7-8,11,13,23H2,1H3,(H,24,27)(H,25,26). The Morgan fingerprint density at radius 2 is 1.85 bits per heavy atom. The van der Waals surface area contributed by atoms with E-state index in [1.807, 2.05) is 37.3 Å². The van der Waals surface area contributed by atoms with Crippen molar-refractivity contribution in [3.63, 3.8) is 0 Å². The molecule has 5 nitrogen and oxygen atoms in total. The van der Waals surface area contributed by atoms with Crippen LogP contribution in [0.3, 0.4) is 0 Å².